The Balaban J connectivity index is 2.04. The summed E-state index contributed by atoms with van der Waals surface area (Å²) < 4.78 is 42.1. The second kappa shape index (κ2) is 4.41. The van der Waals surface area contributed by atoms with E-state index in [1.807, 2.05) is 6.07 Å². The molecular formula is C16H17F3N2O. The van der Waals surface area contributed by atoms with Gasteiger partial charge in [0, 0.05) is 30.7 Å². The van der Waals surface area contributed by atoms with Gasteiger partial charge >= 0.3 is 6.18 Å². The number of hydrogen-bond acceptors (Lipinski definition) is 2. The Labute approximate surface area is 125 Å². The number of nitrogens with zero attached hydrogens (tertiary/aromatic N) is 1. The molecule has 2 heterocycles. The van der Waals surface area contributed by atoms with E-state index in [0.29, 0.717) is 30.9 Å². The number of rotatable bonds is 1. The first kappa shape index (κ1) is 13.9. The Hall–Kier alpha value is -1.69. The summed E-state index contributed by atoms with van der Waals surface area (Å²) in [4.78, 5) is 0. The number of nitrogens with one attached hydrogen (secondary N) is 1. The minimum atomic E-state index is -4.46. The zero-order chi connectivity index (χ0) is 15.6. The van der Waals surface area contributed by atoms with E-state index in [-0.39, 0.29) is 17.2 Å². The fourth-order valence-electron chi connectivity index (χ4n) is 3.59. The van der Waals surface area contributed by atoms with Crippen LogP contribution in [-0.4, -0.2) is 16.2 Å². The average Bonchev–Trinajstić information content (AvgIpc) is 3.14. The fraction of sp³-hybridized carbons (Fsp3) is 0.500. The van der Waals surface area contributed by atoms with Gasteiger partial charge in [-0.3, -0.25) is 0 Å². The van der Waals surface area contributed by atoms with Crippen molar-refractivity contribution in [1.82, 2.24) is 9.88 Å². The van der Waals surface area contributed by atoms with Crippen molar-refractivity contribution < 1.29 is 18.3 Å². The minimum Gasteiger partial charge on any atom is -0.494 e. The molecule has 3 nitrogen and oxygen atoms in total. The summed E-state index contributed by atoms with van der Waals surface area (Å²) >= 11 is 0. The van der Waals surface area contributed by atoms with Crippen molar-refractivity contribution in [3.8, 4) is 5.88 Å². The summed E-state index contributed by atoms with van der Waals surface area (Å²) in [5, 5.41) is 14.0. The lowest BCUT2D eigenvalue weighted by atomic mass is 9.99. The van der Waals surface area contributed by atoms with Crippen molar-refractivity contribution >= 4 is 10.8 Å². The Kier molecular flexibility index (Phi) is 2.79. The standard InChI is InChI=1S/C16H17F3N2O/c1-8-4-10(8)9-5-11-13-7-20-2-3-21(13)15(22)14(11)12(6-9)16(17,18)19/h5-6,8,10,20,22H,2-4,7H2,1H3/t8-,10-/m1/s1. The Morgan fingerprint density at radius 3 is 2.68 bits per heavy atom. The topological polar surface area (TPSA) is 37.2 Å². The van der Waals surface area contributed by atoms with Gasteiger partial charge in [0.25, 0.3) is 0 Å². The molecule has 0 spiro atoms. The molecule has 2 aliphatic rings. The number of aromatic hydroxyl groups is 1. The third kappa shape index (κ3) is 1.93. The van der Waals surface area contributed by atoms with Crippen LogP contribution in [0, 0.1) is 5.92 Å². The molecule has 4 rings (SSSR count). The first-order chi connectivity index (χ1) is 10.4. The lowest BCUT2D eigenvalue weighted by Gasteiger charge is -2.17. The monoisotopic (exact) mass is 310 g/mol. The van der Waals surface area contributed by atoms with E-state index < -0.39 is 11.7 Å². The van der Waals surface area contributed by atoms with Gasteiger partial charge < -0.3 is 15.0 Å². The second-order valence-corrected chi connectivity index (χ2v) is 6.41. The molecule has 0 unspecified atom stereocenters. The predicted molar refractivity (Wildman–Crippen MR) is 76.8 cm³/mol. The smallest absolute Gasteiger partial charge is 0.417 e. The summed E-state index contributed by atoms with van der Waals surface area (Å²) in [6, 6.07) is 3.08. The average molecular weight is 310 g/mol. The molecule has 0 bridgehead atoms. The summed E-state index contributed by atoms with van der Waals surface area (Å²) in [7, 11) is 0. The van der Waals surface area contributed by atoms with Crippen molar-refractivity contribution in [1.29, 1.82) is 0 Å². The van der Waals surface area contributed by atoms with E-state index in [0.717, 1.165) is 17.7 Å². The highest BCUT2D eigenvalue weighted by molar-refractivity contribution is 5.95. The molecule has 2 aromatic rings. The number of alkyl halides is 3. The summed E-state index contributed by atoms with van der Waals surface area (Å²) in [5.74, 6) is 0.387. The molecule has 1 aromatic carbocycles. The van der Waals surface area contributed by atoms with E-state index >= 15 is 0 Å². The highest BCUT2D eigenvalue weighted by Gasteiger charge is 2.40. The minimum absolute atomic E-state index is 0.0525. The normalized spacial score (nSPS) is 24.5. The van der Waals surface area contributed by atoms with Crippen LogP contribution in [0.4, 0.5) is 13.2 Å². The molecule has 6 heteroatoms. The van der Waals surface area contributed by atoms with Gasteiger partial charge in [-0.05, 0) is 36.0 Å². The van der Waals surface area contributed by atoms with Crippen molar-refractivity contribution in [2.45, 2.75) is 38.5 Å². The molecule has 1 aliphatic heterocycles. The van der Waals surface area contributed by atoms with Gasteiger partial charge in [0.1, 0.15) is 0 Å². The van der Waals surface area contributed by atoms with Crippen LogP contribution in [-0.2, 0) is 19.3 Å². The molecule has 1 fully saturated rings. The van der Waals surface area contributed by atoms with Crippen molar-refractivity contribution in [2.24, 2.45) is 5.92 Å². The van der Waals surface area contributed by atoms with E-state index in [9.17, 15) is 18.3 Å². The summed E-state index contributed by atoms with van der Waals surface area (Å²) in [5.41, 5.74) is 0.782. The van der Waals surface area contributed by atoms with Gasteiger partial charge in [0.15, 0.2) is 5.88 Å². The maximum Gasteiger partial charge on any atom is 0.417 e. The number of fused-ring (bicyclic) bond motifs is 3. The van der Waals surface area contributed by atoms with Crippen LogP contribution in [0.3, 0.4) is 0 Å². The lowest BCUT2D eigenvalue weighted by Crippen LogP contribution is -2.27. The molecule has 0 amide bonds. The molecule has 2 atom stereocenters. The number of hydrogen-bond donors (Lipinski definition) is 2. The van der Waals surface area contributed by atoms with E-state index in [1.165, 1.54) is 6.07 Å². The molecule has 1 aromatic heterocycles. The first-order valence-electron chi connectivity index (χ1n) is 7.54. The van der Waals surface area contributed by atoms with Crippen LogP contribution in [0.5, 0.6) is 5.88 Å². The maximum absolute atomic E-state index is 13.5. The maximum atomic E-state index is 13.5. The molecular weight excluding hydrogens is 293 g/mol. The predicted octanol–water partition coefficient (Wildman–Crippen LogP) is 3.59. The largest absolute Gasteiger partial charge is 0.494 e. The molecule has 1 aliphatic carbocycles. The van der Waals surface area contributed by atoms with Gasteiger partial charge in [0.05, 0.1) is 10.9 Å². The van der Waals surface area contributed by atoms with Gasteiger partial charge in [-0.2, -0.15) is 13.2 Å². The highest BCUT2D eigenvalue weighted by atomic mass is 19.4. The van der Waals surface area contributed by atoms with Crippen LogP contribution >= 0.6 is 0 Å². The SMILES string of the molecule is C[C@@H]1C[C@H]1c1cc(C(F)(F)F)c2c(O)n3c(c2c1)CNCC3. The number of halogens is 3. The Morgan fingerprint density at radius 1 is 1.32 bits per heavy atom. The summed E-state index contributed by atoms with van der Waals surface area (Å²) in [6.45, 7) is 3.67. The van der Waals surface area contributed by atoms with E-state index in [2.05, 4.69) is 12.2 Å². The molecule has 2 N–H and O–H groups in total. The third-order valence-electron chi connectivity index (χ3n) is 4.92. The van der Waals surface area contributed by atoms with Gasteiger partial charge in [0.2, 0.25) is 0 Å². The first-order valence-corrected chi connectivity index (χ1v) is 7.54. The van der Waals surface area contributed by atoms with Crippen LogP contribution < -0.4 is 5.32 Å². The number of aromatic nitrogens is 1. The molecule has 22 heavy (non-hydrogen) atoms. The van der Waals surface area contributed by atoms with E-state index in [1.54, 1.807) is 4.57 Å². The fourth-order valence-corrected chi connectivity index (χ4v) is 3.59. The molecule has 0 saturated heterocycles. The Morgan fingerprint density at radius 2 is 2.05 bits per heavy atom. The quantitative estimate of drug-likeness (QED) is 0.844. The zero-order valence-corrected chi connectivity index (χ0v) is 12.2. The lowest BCUT2D eigenvalue weighted by molar-refractivity contribution is -0.136. The molecule has 118 valence electrons. The Bertz CT molecular complexity index is 763. The van der Waals surface area contributed by atoms with Crippen LogP contribution in [0.1, 0.15) is 36.1 Å². The van der Waals surface area contributed by atoms with E-state index in [4.69, 9.17) is 0 Å². The summed E-state index contributed by atoms with van der Waals surface area (Å²) in [6.07, 6.45) is -3.53. The molecule has 0 radical (unpaired) electrons. The second-order valence-electron chi connectivity index (χ2n) is 6.41. The zero-order valence-electron chi connectivity index (χ0n) is 12.2. The van der Waals surface area contributed by atoms with Crippen LogP contribution in [0.2, 0.25) is 0 Å². The van der Waals surface area contributed by atoms with Gasteiger partial charge in [-0.25, -0.2) is 0 Å². The third-order valence-corrected chi connectivity index (χ3v) is 4.92. The van der Waals surface area contributed by atoms with Crippen molar-refractivity contribution in [2.75, 3.05) is 6.54 Å². The highest BCUT2D eigenvalue weighted by Crippen LogP contribution is 2.51. The van der Waals surface area contributed by atoms with Crippen molar-refractivity contribution in [3.63, 3.8) is 0 Å². The van der Waals surface area contributed by atoms with Crippen molar-refractivity contribution in [3.05, 3.63) is 29.0 Å². The van der Waals surface area contributed by atoms with Gasteiger partial charge in [-0.15, -0.1) is 0 Å². The number of benzene rings is 1. The van der Waals surface area contributed by atoms with Gasteiger partial charge in [-0.1, -0.05) is 6.92 Å². The molecule has 1 saturated carbocycles. The van der Waals surface area contributed by atoms with Crippen LogP contribution in [0.25, 0.3) is 10.8 Å². The van der Waals surface area contributed by atoms with Crippen LogP contribution in [0.15, 0.2) is 12.1 Å².